The number of hydrogen-bond donors (Lipinski definition) is 1. The molecule has 3 heterocycles. The number of benzene rings is 2. The van der Waals surface area contributed by atoms with Gasteiger partial charge in [0, 0.05) is 29.1 Å². The number of carbonyl (C=O) groups is 2. The lowest BCUT2D eigenvalue weighted by Crippen LogP contribution is -2.64. The molecule has 2 unspecified atom stereocenters. The number of aromatic amines is 1. The molecule has 5 nitrogen and oxygen atoms in total. The summed E-state index contributed by atoms with van der Waals surface area (Å²) in [5, 5.41) is 1.14. The van der Waals surface area contributed by atoms with Gasteiger partial charge in [-0.05, 0) is 37.5 Å². The lowest BCUT2D eigenvalue weighted by Gasteiger charge is -2.48. The number of aryl methyl sites for hydroxylation is 1. The Morgan fingerprint density at radius 3 is 2.57 bits per heavy atom. The molecule has 2 aromatic carbocycles. The van der Waals surface area contributed by atoms with Gasteiger partial charge in [-0.2, -0.15) is 0 Å². The van der Waals surface area contributed by atoms with Gasteiger partial charge in [0.05, 0.1) is 6.04 Å². The number of hydrogen-bond acceptors (Lipinski definition) is 2. The zero-order chi connectivity index (χ0) is 21.0. The molecule has 0 bridgehead atoms. The standard InChI is InChI=1S/C25H27N3O2/c1-4-16(3)27-14-22(29)28-21(25(27)30)13-19-18-7-5-6-8-20(18)26-23(19)24(28)17-11-9-15(2)10-12-17/h5-12,16,21,24,26H,4,13-14H2,1-3H3/t16?,21?,24-/m1/s1. The third kappa shape index (κ3) is 2.76. The van der Waals surface area contributed by atoms with Crippen molar-refractivity contribution in [1.82, 2.24) is 14.8 Å². The Balaban J connectivity index is 1.70. The van der Waals surface area contributed by atoms with E-state index in [2.05, 4.69) is 55.2 Å². The fraction of sp³-hybridized carbons (Fsp3) is 0.360. The summed E-state index contributed by atoms with van der Waals surface area (Å²) in [5.41, 5.74) is 5.46. The van der Waals surface area contributed by atoms with Crippen LogP contribution in [0.25, 0.3) is 10.9 Å². The summed E-state index contributed by atoms with van der Waals surface area (Å²) in [6.45, 7) is 6.30. The molecule has 0 radical (unpaired) electrons. The number of H-pyrrole nitrogens is 1. The molecule has 3 aromatic rings. The summed E-state index contributed by atoms with van der Waals surface area (Å²) in [7, 11) is 0. The van der Waals surface area contributed by atoms with Gasteiger partial charge in [-0.15, -0.1) is 0 Å². The fourth-order valence-electron chi connectivity index (χ4n) is 4.98. The van der Waals surface area contributed by atoms with Crippen molar-refractivity contribution in [2.45, 2.75) is 51.7 Å². The van der Waals surface area contributed by atoms with Crippen LogP contribution in [0.3, 0.4) is 0 Å². The van der Waals surface area contributed by atoms with Crippen LogP contribution in [0, 0.1) is 6.92 Å². The largest absolute Gasteiger partial charge is 0.356 e. The first kappa shape index (κ1) is 18.9. The molecule has 5 heteroatoms. The molecule has 2 aliphatic rings. The Kier molecular flexibility index (Phi) is 4.42. The lowest BCUT2D eigenvalue weighted by atomic mass is 9.85. The monoisotopic (exact) mass is 401 g/mol. The van der Waals surface area contributed by atoms with Gasteiger partial charge in [0.15, 0.2) is 0 Å². The molecule has 1 N–H and O–H groups in total. The number of amides is 2. The quantitative estimate of drug-likeness (QED) is 0.722. The number of fused-ring (bicyclic) bond motifs is 4. The minimum atomic E-state index is -0.460. The van der Waals surface area contributed by atoms with Crippen LogP contribution in [0.4, 0.5) is 0 Å². The molecule has 1 fully saturated rings. The molecule has 5 rings (SSSR count). The zero-order valence-electron chi connectivity index (χ0n) is 17.7. The molecular formula is C25H27N3O2. The maximum Gasteiger partial charge on any atom is 0.246 e. The molecule has 30 heavy (non-hydrogen) atoms. The van der Waals surface area contributed by atoms with E-state index in [9.17, 15) is 9.59 Å². The summed E-state index contributed by atoms with van der Waals surface area (Å²) >= 11 is 0. The van der Waals surface area contributed by atoms with Crippen LogP contribution in [-0.2, 0) is 16.0 Å². The van der Waals surface area contributed by atoms with Gasteiger partial charge in [-0.1, -0.05) is 55.0 Å². The normalized spacial score (nSPS) is 22.2. The first-order valence-corrected chi connectivity index (χ1v) is 10.8. The molecule has 0 aliphatic carbocycles. The van der Waals surface area contributed by atoms with E-state index in [0.29, 0.717) is 6.42 Å². The van der Waals surface area contributed by atoms with E-state index in [1.54, 1.807) is 4.90 Å². The van der Waals surface area contributed by atoms with Crippen LogP contribution in [0.1, 0.15) is 48.7 Å². The number of rotatable bonds is 3. The average molecular weight is 402 g/mol. The Morgan fingerprint density at radius 1 is 1.10 bits per heavy atom. The van der Waals surface area contributed by atoms with E-state index in [-0.39, 0.29) is 30.4 Å². The third-order valence-electron chi connectivity index (χ3n) is 6.81. The molecule has 0 spiro atoms. The van der Waals surface area contributed by atoms with Crippen LogP contribution in [-0.4, -0.2) is 45.2 Å². The second kappa shape index (κ2) is 7.01. The van der Waals surface area contributed by atoms with Gasteiger partial charge in [0.25, 0.3) is 0 Å². The number of nitrogens with zero attached hydrogens (tertiary/aromatic N) is 2. The van der Waals surface area contributed by atoms with Crippen molar-refractivity contribution in [2.75, 3.05) is 6.54 Å². The third-order valence-corrected chi connectivity index (χ3v) is 6.81. The number of nitrogens with one attached hydrogen (secondary N) is 1. The van der Waals surface area contributed by atoms with Crippen molar-refractivity contribution in [3.8, 4) is 0 Å². The zero-order valence-corrected chi connectivity index (χ0v) is 17.7. The second-order valence-electron chi connectivity index (χ2n) is 8.62. The average Bonchev–Trinajstić information content (AvgIpc) is 3.13. The Hall–Kier alpha value is -3.08. The second-order valence-corrected chi connectivity index (χ2v) is 8.62. The van der Waals surface area contributed by atoms with Gasteiger partial charge in [0.2, 0.25) is 11.8 Å². The highest BCUT2D eigenvalue weighted by Crippen LogP contribution is 2.42. The first-order chi connectivity index (χ1) is 14.5. The van der Waals surface area contributed by atoms with Crippen molar-refractivity contribution in [1.29, 1.82) is 0 Å². The van der Waals surface area contributed by atoms with Crippen LogP contribution in [0.15, 0.2) is 48.5 Å². The molecule has 2 aliphatic heterocycles. The van der Waals surface area contributed by atoms with Gasteiger partial charge in [-0.25, -0.2) is 0 Å². The van der Waals surface area contributed by atoms with E-state index in [0.717, 1.165) is 34.1 Å². The van der Waals surface area contributed by atoms with Gasteiger partial charge in [-0.3, -0.25) is 9.59 Å². The molecule has 1 saturated heterocycles. The number of piperazine rings is 1. The molecule has 0 saturated carbocycles. The Morgan fingerprint density at radius 2 is 1.83 bits per heavy atom. The highest BCUT2D eigenvalue weighted by molar-refractivity contribution is 5.97. The van der Waals surface area contributed by atoms with Crippen molar-refractivity contribution in [3.63, 3.8) is 0 Å². The number of aromatic nitrogens is 1. The maximum atomic E-state index is 13.5. The highest BCUT2D eigenvalue weighted by atomic mass is 16.2. The van der Waals surface area contributed by atoms with E-state index < -0.39 is 6.04 Å². The molecule has 3 atom stereocenters. The maximum absolute atomic E-state index is 13.5. The summed E-state index contributed by atoms with van der Waals surface area (Å²) in [6, 6.07) is 15.8. The van der Waals surface area contributed by atoms with Crippen LogP contribution in [0.5, 0.6) is 0 Å². The fourth-order valence-corrected chi connectivity index (χ4v) is 4.98. The SMILES string of the molecule is CCC(C)N1CC(=O)N2C(Cc3c([nH]c4ccccc34)[C@H]2c2ccc(C)cc2)C1=O. The summed E-state index contributed by atoms with van der Waals surface area (Å²) in [5.74, 6) is 0.0896. The predicted molar refractivity (Wildman–Crippen MR) is 117 cm³/mol. The minimum absolute atomic E-state index is 0.0229. The molecule has 1 aromatic heterocycles. The Labute approximate surface area is 176 Å². The minimum Gasteiger partial charge on any atom is -0.356 e. The van der Waals surface area contributed by atoms with E-state index in [1.807, 2.05) is 24.0 Å². The van der Waals surface area contributed by atoms with E-state index in [4.69, 9.17) is 0 Å². The van der Waals surface area contributed by atoms with Crippen molar-refractivity contribution in [2.24, 2.45) is 0 Å². The van der Waals surface area contributed by atoms with Crippen molar-refractivity contribution < 1.29 is 9.59 Å². The summed E-state index contributed by atoms with van der Waals surface area (Å²) < 4.78 is 0. The number of para-hydroxylation sites is 1. The van der Waals surface area contributed by atoms with Gasteiger partial charge >= 0.3 is 0 Å². The van der Waals surface area contributed by atoms with Crippen LogP contribution < -0.4 is 0 Å². The number of carbonyl (C=O) groups excluding carboxylic acids is 2. The van der Waals surface area contributed by atoms with Crippen LogP contribution in [0.2, 0.25) is 0 Å². The highest BCUT2D eigenvalue weighted by Gasteiger charge is 2.48. The smallest absolute Gasteiger partial charge is 0.246 e. The predicted octanol–water partition coefficient (Wildman–Crippen LogP) is 3.96. The van der Waals surface area contributed by atoms with E-state index in [1.165, 1.54) is 5.56 Å². The van der Waals surface area contributed by atoms with Gasteiger partial charge in [0.1, 0.15) is 12.6 Å². The van der Waals surface area contributed by atoms with Crippen molar-refractivity contribution in [3.05, 3.63) is 70.9 Å². The Bertz CT molecular complexity index is 1130. The van der Waals surface area contributed by atoms with Crippen LogP contribution >= 0.6 is 0 Å². The molecular weight excluding hydrogens is 374 g/mol. The summed E-state index contributed by atoms with van der Waals surface area (Å²) in [4.78, 5) is 34.1. The summed E-state index contributed by atoms with van der Waals surface area (Å²) in [6.07, 6.45) is 1.39. The van der Waals surface area contributed by atoms with Gasteiger partial charge < -0.3 is 14.8 Å². The molecule has 2 amide bonds. The lowest BCUT2D eigenvalue weighted by molar-refractivity contribution is -0.160. The van der Waals surface area contributed by atoms with Crippen molar-refractivity contribution >= 4 is 22.7 Å². The molecule has 154 valence electrons. The first-order valence-electron chi connectivity index (χ1n) is 10.8. The van der Waals surface area contributed by atoms with E-state index >= 15 is 0 Å². The topological polar surface area (TPSA) is 56.4 Å².